The Morgan fingerprint density at radius 1 is 1.24 bits per heavy atom. The van der Waals surface area contributed by atoms with Crippen molar-refractivity contribution in [2.24, 2.45) is 17.8 Å². The molecule has 0 aromatic heterocycles. The van der Waals surface area contributed by atoms with Gasteiger partial charge in [-0.15, -0.1) is 0 Å². The fourth-order valence-electron chi connectivity index (χ4n) is 3.89. The highest BCUT2D eigenvalue weighted by Crippen LogP contribution is 2.49. The normalized spacial score (nSPS) is 41.1. The molecule has 0 aromatic rings. The maximum atomic E-state index is 11.7. The molecule has 2 fully saturated rings. The van der Waals surface area contributed by atoms with Crippen LogP contribution in [0.3, 0.4) is 0 Å². The van der Waals surface area contributed by atoms with Crippen LogP contribution in [0.5, 0.6) is 0 Å². The lowest BCUT2D eigenvalue weighted by Crippen LogP contribution is -2.21. The number of allylic oxidation sites excluding steroid dienone is 1. The Kier molecular flexibility index (Phi) is 2.42. The Bertz CT molecular complexity index is 419. The standard InChI is InChI=1S/C15H20O2/c1-8-4-7-12-10(3)15(16)17-14(12)13-9(2)5-6-11(8)13/h8,11-12,14H,3-7H2,1-2H3/t8-,11-,12-,14+/m0/s1. The minimum absolute atomic E-state index is 0.0208. The maximum Gasteiger partial charge on any atom is 0.334 e. The van der Waals surface area contributed by atoms with Gasteiger partial charge in [-0.3, -0.25) is 0 Å². The van der Waals surface area contributed by atoms with Crippen molar-refractivity contribution in [3.63, 3.8) is 0 Å². The lowest BCUT2D eigenvalue weighted by Gasteiger charge is -2.23. The molecule has 0 unspecified atom stereocenters. The molecular weight excluding hydrogens is 212 g/mol. The largest absolute Gasteiger partial charge is 0.454 e. The minimum Gasteiger partial charge on any atom is -0.454 e. The van der Waals surface area contributed by atoms with E-state index in [1.165, 1.54) is 30.4 Å². The highest BCUT2D eigenvalue weighted by Gasteiger charge is 2.47. The highest BCUT2D eigenvalue weighted by atomic mass is 16.6. The van der Waals surface area contributed by atoms with Crippen LogP contribution in [0.2, 0.25) is 0 Å². The molecule has 0 bridgehead atoms. The summed E-state index contributed by atoms with van der Waals surface area (Å²) in [5.41, 5.74) is 3.60. The fourth-order valence-corrected chi connectivity index (χ4v) is 3.89. The first kappa shape index (κ1) is 11.1. The van der Waals surface area contributed by atoms with Crippen molar-refractivity contribution in [2.45, 2.75) is 45.6 Å². The van der Waals surface area contributed by atoms with Crippen molar-refractivity contribution >= 4 is 5.97 Å². The van der Waals surface area contributed by atoms with Gasteiger partial charge in [0.1, 0.15) is 6.10 Å². The molecule has 2 nitrogen and oxygen atoms in total. The predicted molar refractivity (Wildman–Crippen MR) is 66.3 cm³/mol. The maximum absolute atomic E-state index is 11.7. The molecule has 0 radical (unpaired) electrons. The van der Waals surface area contributed by atoms with E-state index in [0.717, 1.165) is 12.3 Å². The summed E-state index contributed by atoms with van der Waals surface area (Å²) < 4.78 is 5.59. The summed E-state index contributed by atoms with van der Waals surface area (Å²) in [6.07, 6.45) is 4.70. The SMILES string of the molecule is C=C1C(=O)O[C@H]2C3=C(C)CC[C@H]3[C@@H](C)CC[C@@H]12. The first-order chi connectivity index (χ1) is 8.09. The third-order valence-electron chi connectivity index (χ3n) is 4.96. The number of rotatable bonds is 0. The first-order valence-corrected chi connectivity index (χ1v) is 6.69. The van der Waals surface area contributed by atoms with Crippen molar-refractivity contribution in [3.8, 4) is 0 Å². The number of hydrogen-bond acceptors (Lipinski definition) is 2. The second kappa shape index (κ2) is 3.72. The van der Waals surface area contributed by atoms with Gasteiger partial charge in [0.05, 0.1) is 0 Å². The van der Waals surface area contributed by atoms with Crippen molar-refractivity contribution in [2.75, 3.05) is 0 Å². The molecule has 2 heteroatoms. The van der Waals surface area contributed by atoms with Crippen LogP contribution in [-0.2, 0) is 9.53 Å². The van der Waals surface area contributed by atoms with Gasteiger partial charge in [0, 0.05) is 11.5 Å². The zero-order chi connectivity index (χ0) is 12.2. The summed E-state index contributed by atoms with van der Waals surface area (Å²) >= 11 is 0. The summed E-state index contributed by atoms with van der Waals surface area (Å²) in [5, 5.41) is 0. The number of ether oxygens (including phenoxy) is 1. The van der Waals surface area contributed by atoms with E-state index in [-0.39, 0.29) is 18.0 Å². The minimum atomic E-state index is -0.166. The zero-order valence-electron chi connectivity index (χ0n) is 10.7. The molecule has 3 rings (SSSR count). The number of esters is 1. The molecule has 0 spiro atoms. The van der Waals surface area contributed by atoms with Crippen molar-refractivity contribution < 1.29 is 9.53 Å². The van der Waals surface area contributed by atoms with Crippen LogP contribution in [0.25, 0.3) is 0 Å². The molecular formula is C15H20O2. The van der Waals surface area contributed by atoms with E-state index >= 15 is 0 Å². The van der Waals surface area contributed by atoms with E-state index in [0.29, 0.717) is 11.5 Å². The Hall–Kier alpha value is -1.05. The Morgan fingerprint density at radius 3 is 2.76 bits per heavy atom. The second-order valence-corrected chi connectivity index (χ2v) is 5.89. The molecule has 1 aliphatic heterocycles. The molecule has 1 heterocycles. The Morgan fingerprint density at radius 2 is 2.00 bits per heavy atom. The Balaban J connectivity index is 2.03. The number of carbonyl (C=O) groups excluding carboxylic acids is 1. The summed E-state index contributed by atoms with van der Waals surface area (Å²) in [5.74, 6) is 1.45. The second-order valence-electron chi connectivity index (χ2n) is 5.89. The van der Waals surface area contributed by atoms with Gasteiger partial charge >= 0.3 is 5.97 Å². The number of hydrogen-bond donors (Lipinski definition) is 0. The molecule has 1 saturated heterocycles. The van der Waals surface area contributed by atoms with Crippen LogP contribution < -0.4 is 0 Å². The highest BCUT2D eigenvalue weighted by molar-refractivity contribution is 5.91. The molecule has 2 aliphatic carbocycles. The predicted octanol–water partition coefficient (Wildman–Crippen LogP) is 3.24. The van der Waals surface area contributed by atoms with Gasteiger partial charge in [0.25, 0.3) is 0 Å². The average molecular weight is 232 g/mol. The average Bonchev–Trinajstić information content (AvgIpc) is 2.75. The van der Waals surface area contributed by atoms with E-state index < -0.39 is 0 Å². The lowest BCUT2D eigenvalue weighted by molar-refractivity contribution is -0.138. The number of fused-ring (bicyclic) bond motifs is 3. The molecule has 0 N–H and O–H groups in total. The van der Waals surface area contributed by atoms with Gasteiger partial charge in [-0.05, 0) is 50.0 Å². The van der Waals surface area contributed by atoms with E-state index in [4.69, 9.17) is 4.74 Å². The molecule has 0 aromatic carbocycles. The molecule has 17 heavy (non-hydrogen) atoms. The first-order valence-electron chi connectivity index (χ1n) is 6.69. The molecule has 0 amide bonds. The monoisotopic (exact) mass is 232 g/mol. The van der Waals surface area contributed by atoms with Gasteiger partial charge in [-0.2, -0.15) is 0 Å². The van der Waals surface area contributed by atoms with Crippen molar-refractivity contribution in [3.05, 3.63) is 23.3 Å². The van der Waals surface area contributed by atoms with E-state index in [1.54, 1.807) is 0 Å². The van der Waals surface area contributed by atoms with Gasteiger partial charge < -0.3 is 4.74 Å². The van der Waals surface area contributed by atoms with Crippen LogP contribution in [0, 0.1) is 17.8 Å². The van der Waals surface area contributed by atoms with Crippen molar-refractivity contribution in [1.82, 2.24) is 0 Å². The van der Waals surface area contributed by atoms with Crippen LogP contribution in [0.4, 0.5) is 0 Å². The van der Waals surface area contributed by atoms with E-state index in [1.807, 2.05) is 0 Å². The summed E-state index contributed by atoms with van der Waals surface area (Å²) in [6, 6.07) is 0. The lowest BCUT2D eigenvalue weighted by atomic mass is 9.85. The zero-order valence-corrected chi connectivity index (χ0v) is 10.7. The quantitative estimate of drug-likeness (QED) is 0.364. The Labute approximate surface area is 103 Å². The smallest absolute Gasteiger partial charge is 0.334 e. The third-order valence-corrected chi connectivity index (χ3v) is 4.96. The van der Waals surface area contributed by atoms with E-state index in [9.17, 15) is 4.79 Å². The van der Waals surface area contributed by atoms with Crippen LogP contribution in [0.1, 0.15) is 39.5 Å². The topological polar surface area (TPSA) is 26.3 Å². The van der Waals surface area contributed by atoms with Gasteiger partial charge in [0.2, 0.25) is 0 Å². The van der Waals surface area contributed by atoms with Gasteiger partial charge in [0.15, 0.2) is 0 Å². The van der Waals surface area contributed by atoms with E-state index in [2.05, 4.69) is 20.4 Å². The summed E-state index contributed by atoms with van der Waals surface area (Å²) in [7, 11) is 0. The number of carbonyl (C=O) groups is 1. The molecule has 4 atom stereocenters. The third kappa shape index (κ3) is 1.50. The molecule has 3 aliphatic rings. The van der Waals surface area contributed by atoms with Crippen LogP contribution in [-0.4, -0.2) is 12.1 Å². The molecule has 92 valence electrons. The van der Waals surface area contributed by atoms with Gasteiger partial charge in [-0.25, -0.2) is 4.79 Å². The van der Waals surface area contributed by atoms with Crippen molar-refractivity contribution in [1.29, 1.82) is 0 Å². The molecule has 1 saturated carbocycles. The van der Waals surface area contributed by atoms with Crippen LogP contribution in [0.15, 0.2) is 23.3 Å². The summed E-state index contributed by atoms with van der Waals surface area (Å²) in [6.45, 7) is 8.48. The van der Waals surface area contributed by atoms with Crippen LogP contribution >= 0.6 is 0 Å². The fraction of sp³-hybridized carbons (Fsp3) is 0.667. The summed E-state index contributed by atoms with van der Waals surface area (Å²) in [4.78, 5) is 11.7. The van der Waals surface area contributed by atoms with Gasteiger partial charge in [-0.1, -0.05) is 19.1 Å².